The van der Waals surface area contributed by atoms with Crippen molar-refractivity contribution in [2.45, 2.75) is 13.1 Å². The van der Waals surface area contributed by atoms with Gasteiger partial charge in [0.2, 0.25) is 11.9 Å². The topological polar surface area (TPSA) is 95.2 Å². The quantitative estimate of drug-likeness (QED) is 0.668. The number of nitrogens with zero attached hydrogens (tertiary/aromatic N) is 3. The zero-order valence-electron chi connectivity index (χ0n) is 9.55. The van der Waals surface area contributed by atoms with Crippen molar-refractivity contribution >= 4 is 23.2 Å². The first kappa shape index (κ1) is 11.7. The van der Waals surface area contributed by atoms with E-state index in [1.807, 2.05) is 6.07 Å². The number of nitrogen functional groups attached to an aromatic ring is 2. The number of quaternary nitrogens is 1. The van der Waals surface area contributed by atoms with Crippen molar-refractivity contribution in [3.63, 3.8) is 0 Å². The van der Waals surface area contributed by atoms with Gasteiger partial charge in [-0.2, -0.15) is 15.0 Å². The minimum atomic E-state index is 0.177. The van der Waals surface area contributed by atoms with Crippen LogP contribution in [0.4, 0.5) is 11.9 Å². The highest BCUT2D eigenvalue weighted by atomic mass is 32.1. The van der Waals surface area contributed by atoms with Crippen LogP contribution >= 0.6 is 11.3 Å². The van der Waals surface area contributed by atoms with Gasteiger partial charge in [0.25, 0.3) is 0 Å². The summed E-state index contributed by atoms with van der Waals surface area (Å²) in [5.74, 6) is 0.983. The fourth-order valence-corrected chi connectivity index (χ4v) is 2.40. The van der Waals surface area contributed by atoms with E-state index in [4.69, 9.17) is 11.5 Å². The van der Waals surface area contributed by atoms with Crippen LogP contribution in [-0.2, 0) is 13.1 Å². The van der Waals surface area contributed by atoms with Gasteiger partial charge in [-0.05, 0) is 11.4 Å². The fraction of sp³-hybridized carbons (Fsp3) is 0.300. The summed E-state index contributed by atoms with van der Waals surface area (Å²) in [6.07, 6.45) is 0. The SMILES string of the molecule is C[NH+](Cc1nc(N)nc(N)n1)Cc1cccs1. The number of hydrogen-bond donors (Lipinski definition) is 3. The lowest BCUT2D eigenvalue weighted by Crippen LogP contribution is -3.06. The minimum Gasteiger partial charge on any atom is -0.368 e. The van der Waals surface area contributed by atoms with Gasteiger partial charge in [-0.15, -0.1) is 11.3 Å². The summed E-state index contributed by atoms with van der Waals surface area (Å²) in [4.78, 5) is 14.5. The molecule has 0 aliphatic heterocycles. The van der Waals surface area contributed by atoms with E-state index < -0.39 is 0 Å². The smallest absolute Gasteiger partial charge is 0.225 e. The molecule has 0 fully saturated rings. The van der Waals surface area contributed by atoms with Gasteiger partial charge in [0.1, 0.15) is 13.1 Å². The van der Waals surface area contributed by atoms with Crippen LogP contribution in [0.15, 0.2) is 17.5 Å². The maximum absolute atomic E-state index is 5.52. The van der Waals surface area contributed by atoms with Gasteiger partial charge >= 0.3 is 0 Å². The third-order valence-electron chi connectivity index (χ3n) is 2.23. The van der Waals surface area contributed by atoms with Gasteiger partial charge < -0.3 is 16.4 Å². The summed E-state index contributed by atoms with van der Waals surface area (Å²) in [6.45, 7) is 1.61. The molecule has 0 aliphatic rings. The average Bonchev–Trinajstić information content (AvgIpc) is 2.67. The zero-order chi connectivity index (χ0) is 12.3. The highest BCUT2D eigenvalue weighted by Crippen LogP contribution is 2.06. The molecule has 1 unspecified atom stereocenters. The Morgan fingerprint density at radius 3 is 2.47 bits per heavy atom. The molecule has 0 aliphatic carbocycles. The second-order valence-electron chi connectivity index (χ2n) is 3.86. The van der Waals surface area contributed by atoms with Crippen LogP contribution in [0.1, 0.15) is 10.7 Å². The molecule has 0 saturated heterocycles. The summed E-state index contributed by atoms with van der Waals surface area (Å²) in [5.41, 5.74) is 11.0. The summed E-state index contributed by atoms with van der Waals surface area (Å²) in [6, 6.07) is 4.16. The molecule has 0 aromatic carbocycles. The molecule has 17 heavy (non-hydrogen) atoms. The van der Waals surface area contributed by atoms with Crippen LogP contribution in [0.3, 0.4) is 0 Å². The molecule has 90 valence electrons. The largest absolute Gasteiger partial charge is 0.368 e. The van der Waals surface area contributed by atoms with E-state index in [-0.39, 0.29) is 11.9 Å². The number of aromatic nitrogens is 3. The van der Waals surface area contributed by atoms with Crippen molar-refractivity contribution in [2.24, 2.45) is 0 Å². The van der Waals surface area contributed by atoms with E-state index in [0.717, 1.165) is 6.54 Å². The number of nitrogens with one attached hydrogen (secondary N) is 1. The monoisotopic (exact) mass is 251 g/mol. The predicted molar refractivity (Wildman–Crippen MR) is 67.3 cm³/mol. The third kappa shape index (κ3) is 3.36. The van der Waals surface area contributed by atoms with Crippen LogP contribution in [0.2, 0.25) is 0 Å². The fourth-order valence-electron chi connectivity index (χ4n) is 1.58. The normalized spacial score (nSPS) is 12.5. The summed E-state index contributed by atoms with van der Waals surface area (Å²) in [5, 5.41) is 2.07. The van der Waals surface area contributed by atoms with Crippen LogP contribution in [-0.4, -0.2) is 22.0 Å². The van der Waals surface area contributed by atoms with Crippen molar-refractivity contribution in [3.05, 3.63) is 28.2 Å². The second kappa shape index (κ2) is 5.07. The lowest BCUT2D eigenvalue weighted by atomic mass is 10.4. The molecule has 0 radical (unpaired) electrons. The first-order valence-electron chi connectivity index (χ1n) is 5.23. The average molecular weight is 251 g/mol. The highest BCUT2D eigenvalue weighted by Gasteiger charge is 2.09. The van der Waals surface area contributed by atoms with Crippen LogP contribution in [0.5, 0.6) is 0 Å². The Labute approximate surface area is 103 Å². The first-order chi connectivity index (χ1) is 8.13. The van der Waals surface area contributed by atoms with Gasteiger partial charge in [0, 0.05) is 0 Å². The molecule has 0 amide bonds. The molecule has 0 saturated carbocycles. The summed E-state index contributed by atoms with van der Waals surface area (Å²) < 4.78 is 0. The number of hydrogen-bond acceptors (Lipinski definition) is 6. The first-order valence-corrected chi connectivity index (χ1v) is 6.11. The predicted octanol–water partition coefficient (Wildman–Crippen LogP) is -0.688. The lowest BCUT2D eigenvalue weighted by Gasteiger charge is -2.11. The third-order valence-corrected chi connectivity index (χ3v) is 3.11. The molecule has 2 rings (SSSR count). The van der Waals surface area contributed by atoms with Crippen molar-refractivity contribution < 1.29 is 4.90 Å². The molecular formula is C10H15N6S+. The molecular weight excluding hydrogens is 236 g/mol. The number of thiophene rings is 1. The molecule has 1 atom stereocenters. The van der Waals surface area contributed by atoms with Crippen LogP contribution in [0.25, 0.3) is 0 Å². The van der Waals surface area contributed by atoms with E-state index >= 15 is 0 Å². The van der Waals surface area contributed by atoms with Crippen LogP contribution < -0.4 is 16.4 Å². The molecule has 5 N–H and O–H groups in total. The van der Waals surface area contributed by atoms with E-state index in [2.05, 4.69) is 33.4 Å². The standard InChI is InChI=1S/C10H14N6S/c1-16(5-7-3-2-4-17-7)6-8-13-9(11)15-10(12)14-8/h2-4H,5-6H2,1H3,(H4,11,12,13,14,15)/p+1. The minimum absolute atomic E-state index is 0.177. The Morgan fingerprint density at radius 2 is 1.88 bits per heavy atom. The van der Waals surface area contributed by atoms with Crippen LogP contribution in [0, 0.1) is 0 Å². The number of nitrogens with two attached hydrogens (primary N) is 2. The van der Waals surface area contributed by atoms with Crippen molar-refractivity contribution in [1.82, 2.24) is 15.0 Å². The summed E-state index contributed by atoms with van der Waals surface area (Å²) >= 11 is 1.74. The van der Waals surface area contributed by atoms with Crippen molar-refractivity contribution in [3.8, 4) is 0 Å². The molecule has 0 bridgehead atoms. The van der Waals surface area contributed by atoms with Crippen molar-refractivity contribution in [1.29, 1.82) is 0 Å². The van der Waals surface area contributed by atoms with Gasteiger partial charge in [-0.25, -0.2) is 0 Å². The van der Waals surface area contributed by atoms with Gasteiger partial charge in [0.05, 0.1) is 11.9 Å². The Hall–Kier alpha value is -1.73. The summed E-state index contributed by atoms with van der Waals surface area (Å²) in [7, 11) is 2.08. The molecule has 7 heteroatoms. The molecule has 0 spiro atoms. The Kier molecular flexibility index (Phi) is 3.50. The van der Waals surface area contributed by atoms with Gasteiger partial charge in [0.15, 0.2) is 5.82 Å². The van der Waals surface area contributed by atoms with E-state index in [1.165, 1.54) is 9.78 Å². The number of anilines is 2. The van der Waals surface area contributed by atoms with Gasteiger partial charge in [-0.1, -0.05) is 6.07 Å². The highest BCUT2D eigenvalue weighted by molar-refractivity contribution is 7.09. The Bertz CT molecular complexity index is 463. The maximum Gasteiger partial charge on any atom is 0.225 e. The van der Waals surface area contributed by atoms with E-state index in [0.29, 0.717) is 12.4 Å². The van der Waals surface area contributed by atoms with Gasteiger partial charge in [-0.3, -0.25) is 0 Å². The molecule has 2 aromatic heterocycles. The molecule has 2 heterocycles. The zero-order valence-corrected chi connectivity index (χ0v) is 10.4. The van der Waals surface area contributed by atoms with Crippen molar-refractivity contribution in [2.75, 3.05) is 18.5 Å². The second-order valence-corrected chi connectivity index (χ2v) is 4.89. The maximum atomic E-state index is 5.52. The number of rotatable bonds is 4. The van der Waals surface area contributed by atoms with E-state index in [1.54, 1.807) is 11.3 Å². The molecule has 6 nitrogen and oxygen atoms in total. The Balaban J connectivity index is 2.00. The lowest BCUT2D eigenvalue weighted by molar-refractivity contribution is -0.908. The van der Waals surface area contributed by atoms with E-state index in [9.17, 15) is 0 Å². The Morgan fingerprint density at radius 1 is 1.18 bits per heavy atom. The molecule has 2 aromatic rings.